The molecule has 2 heterocycles. The van der Waals surface area contributed by atoms with E-state index in [-0.39, 0.29) is 30.5 Å². The lowest BCUT2D eigenvalue weighted by Gasteiger charge is -2.27. The van der Waals surface area contributed by atoms with Gasteiger partial charge in [-0.3, -0.25) is 10.1 Å². The fourth-order valence-corrected chi connectivity index (χ4v) is 2.73. The zero-order chi connectivity index (χ0) is 13.2. The number of carbonyl (C=O) groups excluding carboxylic acids is 1. The molecule has 0 aliphatic carbocycles. The van der Waals surface area contributed by atoms with Crippen molar-refractivity contribution in [2.24, 2.45) is 0 Å². The molecule has 0 spiro atoms. The fourth-order valence-electron chi connectivity index (χ4n) is 2.73. The van der Waals surface area contributed by atoms with E-state index in [1.54, 1.807) is 23.1 Å². The third-order valence-corrected chi connectivity index (χ3v) is 3.70. The van der Waals surface area contributed by atoms with Gasteiger partial charge in [0.25, 0.3) is 0 Å². The fraction of sp³-hybridized carbons (Fsp3) is 0.500. The molecule has 19 heavy (non-hydrogen) atoms. The topological polar surface area (TPSA) is 41.6 Å². The number of halogens is 1. The monoisotopic (exact) mass is 264 g/mol. The summed E-state index contributed by atoms with van der Waals surface area (Å²) in [5.74, 6) is -0.282. The van der Waals surface area contributed by atoms with Crippen LogP contribution in [0.2, 0.25) is 0 Å². The predicted molar refractivity (Wildman–Crippen MR) is 67.8 cm³/mol. The molecule has 3 rings (SSSR count). The van der Waals surface area contributed by atoms with Crippen molar-refractivity contribution >= 4 is 5.91 Å². The second kappa shape index (κ2) is 5.27. The summed E-state index contributed by atoms with van der Waals surface area (Å²) in [6.07, 6.45) is 1.70. The largest absolute Gasteiger partial charge is 0.376 e. The van der Waals surface area contributed by atoms with E-state index in [0.29, 0.717) is 12.1 Å². The van der Waals surface area contributed by atoms with Gasteiger partial charge in [-0.2, -0.15) is 0 Å². The van der Waals surface area contributed by atoms with Crippen molar-refractivity contribution in [2.75, 3.05) is 19.7 Å². The summed E-state index contributed by atoms with van der Waals surface area (Å²) >= 11 is 0. The van der Waals surface area contributed by atoms with E-state index >= 15 is 0 Å². The van der Waals surface area contributed by atoms with Gasteiger partial charge in [-0.25, -0.2) is 4.39 Å². The summed E-state index contributed by atoms with van der Waals surface area (Å²) in [6.45, 7) is 1.54. The number of benzene rings is 1. The van der Waals surface area contributed by atoms with Crippen molar-refractivity contribution in [2.45, 2.75) is 25.1 Å². The maximum atomic E-state index is 13.8. The lowest BCUT2D eigenvalue weighted by Crippen LogP contribution is -2.37. The van der Waals surface area contributed by atoms with Crippen LogP contribution in [0.1, 0.15) is 24.6 Å². The van der Waals surface area contributed by atoms with E-state index in [0.717, 1.165) is 19.4 Å². The Balaban J connectivity index is 1.79. The first-order valence-corrected chi connectivity index (χ1v) is 6.64. The van der Waals surface area contributed by atoms with Crippen LogP contribution in [0, 0.1) is 5.82 Å². The number of hydrogen-bond acceptors (Lipinski definition) is 3. The molecule has 0 aromatic heterocycles. The van der Waals surface area contributed by atoms with Crippen LogP contribution in [0.4, 0.5) is 4.39 Å². The van der Waals surface area contributed by atoms with E-state index in [4.69, 9.17) is 4.74 Å². The lowest BCUT2D eigenvalue weighted by molar-refractivity contribution is -0.129. The molecule has 2 aliphatic rings. The van der Waals surface area contributed by atoms with Crippen LogP contribution in [0.15, 0.2) is 24.3 Å². The van der Waals surface area contributed by atoms with Crippen LogP contribution in [0.3, 0.4) is 0 Å². The van der Waals surface area contributed by atoms with Gasteiger partial charge in [-0.05, 0) is 18.9 Å². The molecule has 1 aromatic rings. The molecule has 1 N–H and O–H groups in total. The molecule has 2 fully saturated rings. The molecule has 0 saturated carbocycles. The molecule has 1 amide bonds. The molecule has 5 heteroatoms. The first-order valence-electron chi connectivity index (χ1n) is 6.64. The molecular formula is C14H17FN2O2. The van der Waals surface area contributed by atoms with Gasteiger partial charge in [0, 0.05) is 18.7 Å². The summed E-state index contributed by atoms with van der Waals surface area (Å²) in [5, 5.41) is 3.07. The average molecular weight is 264 g/mol. The Morgan fingerprint density at radius 1 is 1.42 bits per heavy atom. The van der Waals surface area contributed by atoms with Crippen molar-refractivity contribution in [1.82, 2.24) is 10.2 Å². The minimum Gasteiger partial charge on any atom is -0.376 e. The summed E-state index contributed by atoms with van der Waals surface area (Å²) in [6, 6.07) is 6.57. The highest BCUT2D eigenvalue weighted by Gasteiger charge is 2.35. The van der Waals surface area contributed by atoms with Crippen LogP contribution in [0.5, 0.6) is 0 Å². The van der Waals surface area contributed by atoms with E-state index in [2.05, 4.69) is 5.32 Å². The summed E-state index contributed by atoms with van der Waals surface area (Å²) < 4.78 is 19.4. The average Bonchev–Trinajstić information content (AvgIpc) is 3.03. The second-order valence-electron chi connectivity index (χ2n) is 4.99. The van der Waals surface area contributed by atoms with Gasteiger partial charge in [0.1, 0.15) is 12.0 Å². The zero-order valence-corrected chi connectivity index (χ0v) is 10.6. The number of amides is 1. The van der Waals surface area contributed by atoms with Crippen LogP contribution in [-0.4, -0.2) is 36.6 Å². The van der Waals surface area contributed by atoms with E-state index in [9.17, 15) is 9.18 Å². The van der Waals surface area contributed by atoms with Gasteiger partial charge in [0.2, 0.25) is 5.91 Å². The molecule has 2 unspecified atom stereocenters. The van der Waals surface area contributed by atoms with Crippen molar-refractivity contribution in [1.29, 1.82) is 0 Å². The SMILES string of the molecule is O=C1CNC(c2ccccc2F)N1CC1CCCO1. The lowest BCUT2D eigenvalue weighted by atomic mass is 10.1. The van der Waals surface area contributed by atoms with Crippen LogP contribution in [0.25, 0.3) is 0 Å². The van der Waals surface area contributed by atoms with E-state index in [1.165, 1.54) is 6.07 Å². The molecule has 4 nitrogen and oxygen atoms in total. The molecule has 102 valence electrons. The Morgan fingerprint density at radius 3 is 3.00 bits per heavy atom. The maximum absolute atomic E-state index is 13.8. The number of nitrogens with one attached hydrogen (secondary N) is 1. The second-order valence-corrected chi connectivity index (χ2v) is 4.99. The van der Waals surface area contributed by atoms with Crippen molar-refractivity contribution in [3.05, 3.63) is 35.6 Å². The molecule has 2 atom stereocenters. The van der Waals surface area contributed by atoms with Crippen molar-refractivity contribution in [3.8, 4) is 0 Å². The molecule has 1 aromatic carbocycles. The number of hydrogen-bond donors (Lipinski definition) is 1. The number of ether oxygens (including phenoxy) is 1. The Kier molecular flexibility index (Phi) is 3.48. The quantitative estimate of drug-likeness (QED) is 0.898. The molecular weight excluding hydrogens is 247 g/mol. The zero-order valence-electron chi connectivity index (χ0n) is 10.6. The van der Waals surface area contributed by atoms with Gasteiger partial charge in [0.15, 0.2) is 0 Å². The highest BCUT2D eigenvalue weighted by molar-refractivity contribution is 5.81. The third-order valence-electron chi connectivity index (χ3n) is 3.70. The summed E-state index contributed by atoms with van der Waals surface area (Å²) in [7, 11) is 0. The third kappa shape index (κ3) is 2.48. The molecule has 2 aliphatic heterocycles. The standard InChI is InChI=1S/C14H17FN2O2/c15-12-6-2-1-5-11(12)14-16-8-13(18)17(14)9-10-4-3-7-19-10/h1-2,5-6,10,14,16H,3-4,7-9H2. The minimum atomic E-state index is -0.377. The highest BCUT2D eigenvalue weighted by atomic mass is 19.1. The van der Waals surface area contributed by atoms with Crippen LogP contribution >= 0.6 is 0 Å². The Labute approximate surface area is 111 Å². The van der Waals surface area contributed by atoms with Crippen LogP contribution < -0.4 is 5.32 Å². The van der Waals surface area contributed by atoms with Gasteiger partial charge >= 0.3 is 0 Å². The minimum absolute atomic E-state index is 0.00348. The number of carbonyl (C=O) groups is 1. The maximum Gasteiger partial charge on any atom is 0.238 e. The Morgan fingerprint density at radius 2 is 2.26 bits per heavy atom. The highest BCUT2D eigenvalue weighted by Crippen LogP contribution is 2.26. The van der Waals surface area contributed by atoms with E-state index in [1.807, 2.05) is 0 Å². The Bertz CT molecular complexity index is 474. The van der Waals surface area contributed by atoms with Gasteiger partial charge in [-0.15, -0.1) is 0 Å². The van der Waals surface area contributed by atoms with E-state index < -0.39 is 0 Å². The molecule has 0 bridgehead atoms. The molecule has 0 radical (unpaired) electrons. The first-order chi connectivity index (χ1) is 9.25. The number of nitrogens with zero attached hydrogens (tertiary/aromatic N) is 1. The van der Waals surface area contributed by atoms with Crippen molar-refractivity contribution < 1.29 is 13.9 Å². The number of rotatable bonds is 3. The smallest absolute Gasteiger partial charge is 0.238 e. The van der Waals surface area contributed by atoms with Crippen molar-refractivity contribution in [3.63, 3.8) is 0 Å². The van der Waals surface area contributed by atoms with Crippen LogP contribution in [-0.2, 0) is 9.53 Å². The Hall–Kier alpha value is -1.46. The van der Waals surface area contributed by atoms with Gasteiger partial charge in [0.05, 0.1) is 12.6 Å². The summed E-state index contributed by atoms with van der Waals surface area (Å²) in [5.41, 5.74) is 0.520. The van der Waals surface area contributed by atoms with Gasteiger partial charge < -0.3 is 9.64 Å². The normalized spacial score (nSPS) is 27.2. The first kappa shape index (κ1) is 12.6. The molecule has 2 saturated heterocycles. The van der Waals surface area contributed by atoms with Gasteiger partial charge in [-0.1, -0.05) is 18.2 Å². The predicted octanol–water partition coefficient (Wildman–Crippen LogP) is 1.44. The summed E-state index contributed by atoms with van der Waals surface area (Å²) in [4.78, 5) is 13.6.